The van der Waals surface area contributed by atoms with Gasteiger partial charge in [0.2, 0.25) is 9.84 Å². The van der Waals surface area contributed by atoms with Crippen molar-refractivity contribution >= 4 is 39.2 Å². The fraction of sp³-hybridized carbons (Fsp3) is 0.240. The van der Waals surface area contributed by atoms with Gasteiger partial charge in [0.15, 0.2) is 0 Å². The van der Waals surface area contributed by atoms with Crippen molar-refractivity contribution in [3.8, 4) is 0 Å². The Hall–Kier alpha value is -2.36. The zero-order chi connectivity index (χ0) is 24.9. The summed E-state index contributed by atoms with van der Waals surface area (Å²) in [5.41, 5.74) is 1.40. The highest BCUT2D eigenvalue weighted by molar-refractivity contribution is 7.98. The number of nitrogens with one attached hydrogen (secondary N) is 1. The van der Waals surface area contributed by atoms with Gasteiger partial charge < -0.3 is 15.5 Å². The lowest BCUT2D eigenvalue weighted by Gasteiger charge is -2.18. The second kappa shape index (κ2) is 11.4. The van der Waals surface area contributed by atoms with E-state index in [-0.39, 0.29) is 21.4 Å². The molecule has 9 heteroatoms. The van der Waals surface area contributed by atoms with E-state index in [1.165, 1.54) is 36.0 Å². The molecule has 0 saturated heterocycles. The van der Waals surface area contributed by atoms with Crippen LogP contribution < -0.4 is 5.32 Å². The summed E-state index contributed by atoms with van der Waals surface area (Å²) in [4.78, 5) is 12.1. The van der Waals surface area contributed by atoms with Crippen LogP contribution in [0.2, 0.25) is 5.02 Å². The predicted molar refractivity (Wildman–Crippen MR) is 135 cm³/mol. The molecule has 34 heavy (non-hydrogen) atoms. The van der Waals surface area contributed by atoms with E-state index in [2.05, 4.69) is 5.32 Å². The van der Waals surface area contributed by atoms with Gasteiger partial charge in [0, 0.05) is 22.5 Å². The van der Waals surface area contributed by atoms with Crippen LogP contribution in [0, 0.1) is 0 Å². The molecule has 180 valence electrons. The minimum Gasteiger partial charge on any atom is -0.478 e. The summed E-state index contributed by atoms with van der Waals surface area (Å²) in [6.45, 7) is 2.32. The molecule has 3 aromatic carbocycles. The van der Waals surface area contributed by atoms with Crippen molar-refractivity contribution in [3.63, 3.8) is 0 Å². The number of aliphatic hydroxyl groups is 1. The molecule has 0 amide bonds. The molecule has 0 aliphatic carbocycles. The quantitative estimate of drug-likeness (QED) is 0.329. The van der Waals surface area contributed by atoms with E-state index in [4.69, 9.17) is 11.6 Å². The van der Waals surface area contributed by atoms with Crippen LogP contribution in [0.3, 0.4) is 0 Å². The Kier molecular flexibility index (Phi) is 8.78. The summed E-state index contributed by atoms with van der Waals surface area (Å²) in [5.74, 6) is -1.29. The fourth-order valence-electron chi connectivity index (χ4n) is 3.54. The van der Waals surface area contributed by atoms with Crippen molar-refractivity contribution in [2.45, 2.75) is 40.2 Å². The van der Waals surface area contributed by atoms with Gasteiger partial charge in [-0.05, 0) is 73.2 Å². The van der Waals surface area contributed by atoms with Crippen LogP contribution in [0.25, 0.3) is 0 Å². The standard InChI is InChI=1S/C25H26ClNO5S2/c1-16(27-15-23(28)18-4-3-5-19(26)13-18)12-17-6-9-21(10-7-17)34(31,32)24-11-8-20(33-2)14-22(24)25(29)30/h3-11,13-14,16,23,27-28H,12,15H2,1-2H3,(H,29,30)/t16-,23+/m1/s1. The molecule has 3 N–H and O–H groups in total. The second-order valence-corrected chi connectivity index (χ2v) is 11.1. The Bertz CT molecular complexity index is 1260. The molecule has 3 rings (SSSR count). The number of aromatic carboxylic acids is 1. The van der Waals surface area contributed by atoms with Crippen molar-refractivity contribution in [2.75, 3.05) is 12.8 Å². The van der Waals surface area contributed by atoms with Gasteiger partial charge in [0.25, 0.3) is 0 Å². The Balaban J connectivity index is 1.68. The molecule has 3 aromatic rings. The number of hydrogen-bond acceptors (Lipinski definition) is 6. The first-order valence-corrected chi connectivity index (χ1v) is 13.6. The van der Waals surface area contributed by atoms with Crippen LogP contribution in [0.4, 0.5) is 0 Å². The molecule has 0 aliphatic heterocycles. The minimum atomic E-state index is -3.99. The molecule has 0 fully saturated rings. The molecular weight excluding hydrogens is 494 g/mol. The number of carboxylic acid groups (broad SMARTS) is 1. The van der Waals surface area contributed by atoms with Crippen LogP contribution in [-0.2, 0) is 16.3 Å². The summed E-state index contributed by atoms with van der Waals surface area (Å²) in [5, 5.41) is 23.7. The van der Waals surface area contributed by atoms with Crippen molar-refractivity contribution in [3.05, 3.63) is 88.4 Å². The fourth-order valence-corrected chi connectivity index (χ4v) is 5.61. The lowest BCUT2D eigenvalue weighted by molar-refractivity contribution is 0.0692. The summed E-state index contributed by atoms with van der Waals surface area (Å²) in [6, 6.07) is 17.8. The highest BCUT2D eigenvalue weighted by atomic mass is 35.5. The number of carbonyl (C=O) groups is 1. The number of benzene rings is 3. The summed E-state index contributed by atoms with van der Waals surface area (Å²) < 4.78 is 26.2. The van der Waals surface area contributed by atoms with Crippen LogP contribution in [-0.4, -0.2) is 43.4 Å². The number of sulfone groups is 1. The van der Waals surface area contributed by atoms with E-state index in [9.17, 15) is 23.4 Å². The third kappa shape index (κ3) is 6.40. The lowest BCUT2D eigenvalue weighted by Crippen LogP contribution is -2.32. The average molecular weight is 520 g/mol. The summed E-state index contributed by atoms with van der Waals surface area (Å²) in [6.07, 6.45) is 1.71. The van der Waals surface area contributed by atoms with E-state index >= 15 is 0 Å². The number of halogens is 1. The van der Waals surface area contributed by atoms with Crippen molar-refractivity contribution in [1.82, 2.24) is 5.32 Å². The summed E-state index contributed by atoms with van der Waals surface area (Å²) >= 11 is 7.32. The summed E-state index contributed by atoms with van der Waals surface area (Å²) in [7, 11) is -3.99. The van der Waals surface area contributed by atoms with Crippen LogP contribution in [0.5, 0.6) is 0 Å². The Morgan fingerprint density at radius 1 is 1.09 bits per heavy atom. The molecule has 0 radical (unpaired) electrons. The number of aliphatic hydroxyl groups excluding tert-OH is 1. The van der Waals surface area contributed by atoms with Crippen molar-refractivity contribution in [2.24, 2.45) is 0 Å². The van der Waals surface area contributed by atoms with Gasteiger partial charge in [-0.2, -0.15) is 0 Å². The Labute approximate surface area is 208 Å². The third-order valence-electron chi connectivity index (χ3n) is 5.38. The third-order valence-corrected chi connectivity index (χ3v) is 8.16. The zero-order valence-corrected chi connectivity index (χ0v) is 21.1. The SMILES string of the molecule is CSc1ccc(S(=O)(=O)c2ccc(C[C@@H](C)NC[C@H](O)c3cccc(Cl)c3)cc2)c(C(=O)O)c1. The van der Waals surface area contributed by atoms with Crippen molar-refractivity contribution in [1.29, 1.82) is 0 Å². The smallest absolute Gasteiger partial charge is 0.337 e. The maximum absolute atomic E-state index is 13.1. The lowest BCUT2D eigenvalue weighted by atomic mass is 10.1. The topological polar surface area (TPSA) is 104 Å². The zero-order valence-electron chi connectivity index (χ0n) is 18.7. The Morgan fingerprint density at radius 3 is 2.41 bits per heavy atom. The average Bonchev–Trinajstić information content (AvgIpc) is 2.82. The molecule has 0 spiro atoms. The second-order valence-electron chi connectivity index (χ2n) is 7.90. The first-order valence-electron chi connectivity index (χ1n) is 10.5. The monoisotopic (exact) mass is 519 g/mol. The van der Waals surface area contributed by atoms with E-state index in [0.29, 0.717) is 22.9 Å². The number of thioether (sulfide) groups is 1. The van der Waals surface area contributed by atoms with Crippen LogP contribution >= 0.6 is 23.4 Å². The van der Waals surface area contributed by atoms with Gasteiger partial charge in [-0.15, -0.1) is 11.8 Å². The highest BCUT2D eigenvalue weighted by Crippen LogP contribution is 2.28. The van der Waals surface area contributed by atoms with E-state index in [0.717, 1.165) is 11.1 Å². The molecule has 0 saturated carbocycles. The first-order chi connectivity index (χ1) is 16.1. The molecule has 6 nitrogen and oxygen atoms in total. The van der Waals surface area contributed by atoms with Gasteiger partial charge in [-0.3, -0.25) is 0 Å². The molecule has 0 unspecified atom stereocenters. The van der Waals surface area contributed by atoms with Crippen LogP contribution in [0.1, 0.15) is 34.5 Å². The van der Waals surface area contributed by atoms with Crippen LogP contribution in [0.15, 0.2) is 81.4 Å². The van der Waals surface area contributed by atoms with Gasteiger partial charge in [0.1, 0.15) is 0 Å². The van der Waals surface area contributed by atoms with E-state index in [1.54, 1.807) is 42.7 Å². The van der Waals surface area contributed by atoms with Gasteiger partial charge in [0.05, 0.1) is 21.5 Å². The molecule has 2 atom stereocenters. The van der Waals surface area contributed by atoms with Gasteiger partial charge in [-0.25, -0.2) is 13.2 Å². The molecular formula is C25H26ClNO5S2. The normalized spacial score (nSPS) is 13.4. The maximum Gasteiger partial charge on any atom is 0.337 e. The molecule has 0 aliphatic rings. The van der Waals surface area contributed by atoms with Crippen molar-refractivity contribution < 1.29 is 23.4 Å². The number of carboxylic acids is 1. The number of rotatable bonds is 10. The molecule has 0 heterocycles. The van der Waals surface area contributed by atoms with E-state index < -0.39 is 21.9 Å². The van der Waals surface area contributed by atoms with Gasteiger partial charge >= 0.3 is 5.97 Å². The molecule has 0 bridgehead atoms. The maximum atomic E-state index is 13.1. The molecule has 0 aromatic heterocycles. The van der Waals surface area contributed by atoms with E-state index in [1.807, 2.05) is 13.0 Å². The Morgan fingerprint density at radius 2 is 1.79 bits per heavy atom. The largest absolute Gasteiger partial charge is 0.478 e. The minimum absolute atomic E-state index is 0.0222. The predicted octanol–water partition coefficient (Wildman–Crippen LogP) is 4.85. The highest BCUT2D eigenvalue weighted by Gasteiger charge is 2.25. The van der Waals surface area contributed by atoms with Gasteiger partial charge in [-0.1, -0.05) is 35.9 Å². The number of hydrogen-bond donors (Lipinski definition) is 3. The first kappa shape index (κ1) is 26.2.